The Hall–Kier alpha value is -2.64. The van der Waals surface area contributed by atoms with E-state index in [4.69, 9.17) is 0 Å². The average Bonchev–Trinajstić information content (AvgIpc) is 3.30. The lowest BCUT2D eigenvalue weighted by Gasteiger charge is -2.09. The molecule has 3 heterocycles. The summed E-state index contributed by atoms with van der Waals surface area (Å²) >= 11 is 2.78. The van der Waals surface area contributed by atoms with Crippen LogP contribution in [0.15, 0.2) is 54.0 Å². The van der Waals surface area contributed by atoms with Gasteiger partial charge in [-0.15, -0.1) is 11.3 Å². The molecule has 0 atom stereocenters. The van der Waals surface area contributed by atoms with Crippen LogP contribution in [0.4, 0.5) is 0 Å². The topological polar surface area (TPSA) is 67.8 Å². The summed E-state index contributed by atoms with van der Waals surface area (Å²) in [4.78, 5) is 17.9. The highest BCUT2D eigenvalue weighted by atomic mass is 32.1. The standard InChI is InChI=1S/C17H12N4OS2/c22-17(11-5-6-13-14(9-11)21-24-20-13)19-10-12-3-1-7-18-16(12)15-4-2-8-23-15/h1-9H,10H2,(H,19,22). The minimum Gasteiger partial charge on any atom is -0.348 e. The number of carbonyl (C=O) groups excluding carboxylic acids is 1. The summed E-state index contributed by atoms with van der Waals surface area (Å²) in [6, 6.07) is 13.2. The summed E-state index contributed by atoms with van der Waals surface area (Å²) in [5, 5.41) is 4.97. The van der Waals surface area contributed by atoms with Crippen LogP contribution in [0, 0.1) is 0 Å². The number of thiophene rings is 1. The molecular formula is C17H12N4OS2. The van der Waals surface area contributed by atoms with Crippen molar-refractivity contribution < 1.29 is 4.79 Å². The van der Waals surface area contributed by atoms with E-state index in [2.05, 4.69) is 19.0 Å². The third-order valence-corrected chi connectivity index (χ3v) is 5.03. The zero-order valence-electron chi connectivity index (χ0n) is 12.5. The molecule has 4 rings (SSSR count). The van der Waals surface area contributed by atoms with Crippen LogP contribution in [0.3, 0.4) is 0 Å². The summed E-state index contributed by atoms with van der Waals surface area (Å²) in [5.74, 6) is -0.133. The molecule has 5 nitrogen and oxygen atoms in total. The maximum atomic E-state index is 12.4. The van der Waals surface area contributed by atoms with Crippen molar-refractivity contribution in [2.45, 2.75) is 6.54 Å². The number of benzene rings is 1. The molecule has 0 spiro atoms. The number of pyridine rings is 1. The lowest BCUT2D eigenvalue weighted by molar-refractivity contribution is 0.0951. The van der Waals surface area contributed by atoms with Crippen LogP contribution in [0.25, 0.3) is 21.6 Å². The van der Waals surface area contributed by atoms with Gasteiger partial charge in [0, 0.05) is 18.3 Å². The molecule has 118 valence electrons. The average molecular weight is 352 g/mol. The number of hydrogen-bond acceptors (Lipinski definition) is 6. The van der Waals surface area contributed by atoms with Gasteiger partial charge in [-0.25, -0.2) is 0 Å². The van der Waals surface area contributed by atoms with Crippen LogP contribution in [0.2, 0.25) is 0 Å². The monoisotopic (exact) mass is 352 g/mol. The van der Waals surface area contributed by atoms with E-state index in [-0.39, 0.29) is 5.91 Å². The molecule has 0 radical (unpaired) electrons. The van der Waals surface area contributed by atoms with Crippen molar-refractivity contribution in [2.75, 3.05) is 0 Å². The number of carbonyl (C=O) groups is 1. The Kier molecular flexibility index (Phi) is 4.02. The molecule has 0 saturated carbocycles. The van der Waals surface area contributed by atoms with Gasteiger partial charge in [-0.3, -0.25) is 9.78 Å². The SMILES string of the molecule is O=C(NCc1cccnc1-c1cccs1)c1ccc2nsnc2c1. The maximum Gasteiger partial charge on any atom is 0.251 e. The van der Waals surface area contributed by atoms with Crippen LogP contribution in [-0.4, -0.2) is 19.6 Å². The Balaban J connectivity index is 1.53. The second-order valence-electron chi connectivity index (χ2n) is 5.14. The molecule has 0 unspecified atom stereocenters. The Morgan fingerprint density at radius 2 is 2.00 bits per heavy atom. The van der Waals surface area contributed by atoms with Gasteiger partial charge in [0.2, 0.25) is 0 Å². The zero-order valence-corrected chi connectivity index (χ0v) is 14.1. The van der Waals surface area contributed by atoms with E-state index in [1.165, 1.54) is 0 Å². The smallest absolute Gasteiger partial charge is 0.251 e. The first-order valence-electron chi connectivity index (χ1n) is 7.29. The molecule has 0 aliphatic rings. The highest BCUT2D eigenvalue weighted by Gasteiger charge is 2.11. The molecule has 3 aromatic heterocycles. The molecule has 24 heavy (non-hydrogen) atoms. The minimum absolute atomic E-state index is 0.133. The van der Waals surface area contributed by atoms with Crippen LogP contribution in [0.1, 0.15) is 15.9 Å². The van der Waals surface area contributed by atoms with Crippen LogP contribution in [0.5, 0.6) is 0 Å². The number of fused-ring (bicyclic) bond motifs is 1. The molecule has 1 aromatic carbocycles. The Morgan fingerprint density at radius 3 is 2.88 bits per heavy atom. The fraction of sp³-hybridized carbons (Fsp3) is 0.0588. The molecule has 7 heteroatoms. The van der Waals surface area contributed by atoms with Gasteiger partial charge in [0.15, 0.2) is 0 Å². The molecule has 1 amide bonds. The first kappa shape index (κ1) is 14.9. The largest absolute Gasteiger partial charge is 0.348 e. The maximum absolute atomic E-state index is 12.4. The second-order valence-corrected chi connectivity index (χ2v) is 6.61. The summed E-state index contributed by atoms with van der Waals surface area (Å²) < 4.78 is 8.31. The van der Waals surface area contributed by atoms with Gasteiger partial charge in [-0.1, -0.05) is 12.1 Å². The number of amides is 1. The van der Waals surface area contributed by atoms with Gasteiger partial charge in [-0.2, -0.15) is 8.75 Å². The number of hydrogen-bond donors (Lipinski definition) is 1. The van der Waals surface area contributed by atoms with Gasteiger partial charge in [-0.05, 0) is 41.3 Å². The Labute approximate surface area is 146 Å². The van der Waals surface area contributed by atoms with Crippen molar-refractivity contribution in [1.82, 2.24) is 19.0 Å². The molecular weight excluding hydrogens is 340 g/mol. The predicted molar refractivity (Wildman–Crippen MR) is 96.1 cm³/mol. The van der Waals surface area contributed by atoms with Crippen molar-refractivity contribution >= 4 is 40.0 Å². The van der Waals surface area contributed by atoms with Crippen molar-refractivity contribution in [2.24, 2.45) is 0 Å². The quantitative estimate of drug-likeness (QED) is 0.607. The van der Waals surface area contributed by atoms with Gasteiger partial charge in [0.25, 0.3) is 5.91 Å². The highest BCUT2D eigenvalue weighted by molar-refractivity contribution is 7.13. The highest BCUT2D eigenvalue weighted by Crippen LogP contribution is 2.25. The van der Waals surface area contributed by atoms with Crippen molar-refractivity contribution in [1.29, 1.82) is 0 Å². The molecule has 0 aliphatic heterocycles. The van der Waals surface area contributed by atoms with E-state index in [1.807, 2.05) is 35.7 Å². The van der Waals surface area contributed by atoms with Crippen molar-refractivity contribution in [3.63, 3.8) is 0 Å². The summed E-state index contributed by atoms with van der Waals surface area (Å²) in [6.07, 6.45) is 1.77. The van der Waals surface area contributed by atoms with Gasteiger partial charge < -0.3 is 5.32 Å². The van der Waals surface area contributed by atoms with Crippen LogP contribution < -0.4 is 5.32 Å². The summed E-state index contributed by atoms with van der Waals surface area (Å²) in [6.45, 7) is 0.424. The second kappa shape index (κ2) is 6.46. The Morgan fingerprint density at radius 1 is 1.08 bits per heavy atom. The lowest BCUT2D eigenvalue weighted by atomic mass is 10.1. The van der Waals surface area contributed by atoms with Crippen molar-refractivity contribution in [3.05, 3.63) is 65.2 Å². The van der Waals surface area contributed by atoms with E-state index in [1.54, 1.807) is 29.7 Å². The fourth-order valence-electron chi connectivity index (χ4n) is 2.42. The molecule has 4 aromatic rings. The first-order chi connectivity index (χ1) is 11.8. The van der Waals surface area contributed by atoms with E-state index in [9.17, 15) is 4.79 Å². The van der Waals surface area contributed by atoms with E-state index in [0.29, 0.717) is 12.1 Å². The van der Waals surface area contributed by atoms with E-state index >= 15 is 0 Å². The number of aromatic nitrogens is 3. The zero-order chi connectivity index (χ0) is 16.4. The molecule has 0 fully saturated rings. The first-order valence-corrected chi connectivity index (χ1v) is 8.90. The van der Waals surface area contributed by atoms with Crippen LogP contribution in [-0.2, 0) is 6.54 Å². The van der Waals surface area contributed by atoms with Crippen LogP contribution >= 0.6 is 23.1 Å². The van der Waals surface area contributed by atoms with E-state index in [0.717, 1.165) is 38.9 Å². The number of rotatable bonds is 4. The normalized spacial score (nSPS) is 10.8. The van der Waals surface area contributed by atoms with E-state index < -0.39 is 0 Å². The summed E-state index contributed by atoms with van der Waals surface area (Å²) in [7, 11) is 0. The minimum atomic E-state index is -0.133. The molecule has 0 bridgehead atoms. The number of nitrogens with zero attached hydrogens (tertiary/aromatic N) is 3. The molecule has 0 aliphatic carbocycles. The summed E-state index contributed by atoms with van der Waals surface area (Å²) in [5.41, 5.74) is 4.03. The lowest BCUT2D eigenvalue weighted by Crippen LogP contribution is -2.23. The Bertz CT molecular complexity index is 995. The molecule has 0 saturated heterocycles. The fourth-order valence-corrected chi connectivity index (χ4v) is 3.69. The number of nitrogens with one attached hydrogen (secondary N) is 1. The van der Waals surface area contributed by atoms with Gasteiger partial charge >= 0.3 is 0 Å². The third kappa shape index (κ3) is 2.91. The predicted octanol–water partition coefficient (Wildman–Crippen LogP) is 3.74. The molecule has 1 N–H and O–H groups in total. The third-order valence-electron chi connectivity index (χ3n) is 3.60. The van der Waals surface area contributed by atoms with Gasteiger partial charge in [0.05, 0.1) is 22.3 Å². The van der Waals surface area contributed by atoms with Crippen molar-refractivity contribution in [3.8, 4) is 10.6 Å². The van der Waals surface area contributed by atoms with Gasteiger partial charge in [0.1, 0.15) is 11.0 Å².